The Morgan fingerprint density at radius 3 is 2.37 bits per heavy atom. The summed E-state index contributed by atoms with van der Waals surface area (Å²) in [7, 11) is 2.20. The molecule has 0 aliphatic carbocycles. The largest absolute Gasteiger partial charge is 0.330 e. The van der Waals surface area contributed by atoms with E-state index in [4.69, 9.17) is 5.73 Å². The van der Waals surface area contributed by atoms with Gasteiger partial charge in [0.25, 0.3) is 0 Å². The normalized spacial score (nSPS) is 19.6. The SMILES string of the molecule is Cc1ccc(C(CCN)N2CCN(C)CC2)cc1C. The molecule has 1 aliphatic rings. The highest BCUT2D eigenvalue weighted by Crippen LogP contribution is 2.26. The van der Waals surface area contributed by atoms with Crippen LogP contribution in [0.4, 0.5) is 0 Å². The molecule has 1 aromatic rings. The first-order chi connectivity index (χ1) is 9.11. The van der Waals surface area contributed by atoms with Crippen LogP contribution in [0, 0.1) is 13.8 Å². The second kappa shape index (κ2) is 6.51. The Morgan fingerprint density at radius 2 is 1.79 bits per heavy atom. The monoisotopic (exact) mass is 261 g/mol. The lowest BCUT2D eigenvalue weighted by Crippen LogP contribution is -2.46. The summed E-state index contributed by atoms with van der Waals surface area (Å²) in [5.41, 5.74) is 10.0. The van der Waals surface area contributed by atoms with Gasteiger partial charge in [-0.15, -0.1) is 0 Å². The first kappa shape index (κ1) is 14.5. The first-order valence-corrected chi connectivity index (χ1v) is 7.31. The van der Waals surface area contributed by atoms with Crippen molar-refractivity contribution >= 4 is 0 Å². The fourth-order valence-electron chi connectivity index (χ4n) is 2.82. The van der Waals surface area contributed by atoms with Gasteiger partial charge in [-0.3, -0.25) is 4.90 Å². The highest BCUT2D eigenvalue weighted by Gasteiger charge is 2.23. The van der Waals surface area contributed by atoms with Crippen LogP contribution < -0.4 is 5.73 Å². The number of likely N-dealkylation sites (N-methyl/N-ethyl adjacent to an activating group) is 1. The average Bonchev–Trinajstić information content (AvgIpc) is 2.41. The van der Waals surface area contributed by atoms with Crippen molar-refractivity contribution in [2.45, 2.75) is 26.3 Å². The average molecular weight is 261 g/mol. The van der Waals surface area contributed by atoms with Crippen molar-refractivity contribution in [3.8, 4) is 0 Å². The maximum atomic E-state index is 5.83. The van der Waals surface area contributed by atoms with Gasteiger partial charge >= 0.3 is 0 Å². The molecule has 106 valence electrons. The van der Waals surface area contributed by atoms with Crippen molar-refractivity contribution < 1.29 is 0 Å². The molecule has 1 fully saturated rings. The summed E-state index contributed by atoms with van der Waals surface area (Å²) in [6.07, 6.45) is 1.05. The Hall–Kier alpha value is -0.900. The molecule has 1 aliphatic heterocycles. The molecule has 1 atom stereocenters. The zero-order chi connectivity index (χ0) is 13.8. The fourth-order valence-corrected chi connectivity index (χ4v) is 2.82. The van der Waals surface area contributed by atoms with Crippen molar-refractivity contribution in [1.82, 2.24) is 9.80 Å². The molecule has 3 heteroatoms. The fraction of sp³-hybridized carbons (Fsp3) is 0.625. The zero-order valence-electron chi connectivity index (χ0n) is 12.5. The lowest BCUT2D eigenvalue weighted by molar-refractivity contribution is 0.108. The summed E-state index contributed by atoms with van der Waals surface area (Å²) in [4.78, 5) is 4.99. The van der Waals surface area contributed by atoms with Gasteiger partial charge in [-0.25, -0.2) is 0 Å². The third-order valence-corrected chi connectivity index (χ3v) is 4.33. The van der Waals surface area contributed by atoms with Gasteiger partial charge in [0.1, 0.15) is 0 Å². The van der Waals surface area contributed by atoms with E-state index in [1.165, 1.54) is 16.7 Å². The van der Waals surface area contributed by atoms with E-state index in [-0.39, 0.29) is 0 Å². The highest BCUT2D eigenvalue weighted by atomic mass is 15.3. The molecule has 1 aromatic carbocycles. The molecule has 0 aromatic heterocycles. The van der Waals surface area contributed by atoms with Crippen LogP contribution in [0.2, 0.25) is 0 Å². The number of rotatable bonds is 4. The standard InChI is InChI=1S/C16H27N3/c1-13-4-5-15(12-14(13)2)16(6-7-17)19-10-8-18(3)9-11-19/h4-5,12,16H,6-11,17H2,1-3H3. The van der Waals surface area contributed by atoms with Gasteiger partial charge < -0.3 is 10.6 Å². The Labute approximate surface area is 117 Å². The second-order valence-electron chi connectivity index (χ2n) is 5.78. The van der Waals surface area contributed by atoms with Crippen molar-refractivity contribution in [2.75, 3.05) is 39.8 Å². The van der Waals surface area contributed by atoms with E-state index in [0.29, 0.717) is 6.04 Å². The lowest BCUT2D eigenvalue weighted by Gasteiger charge is -2.38. The summed E-state index contributed by atoms with van der Waals surface area (Å²) in [6, 6.07) is 7.34. The third-order valence-electron chi connectivity index (χ3n) is 4.33. The molecule has 0 bridgehead atoms. The Bertz CT molecular complexity index is 408. The quantitative estimate of drug-likeness (QED) is 0.899. The summed E-state index contributed by atoms with van der Waals surface area (Å²) in [6.45, 7) is 9.74. The number of nitrogens with two attached hydrogens (primary N) is 1. The number of piperazine rings is 1. The lowest BCUT2D eigenvalue weighted by atomic mass is 9.97. The molecule has 0 radical (unpaired) electrons. The van der Waals surface area contributed by atoms with Gasteiger partial charge in [-0.2, -0.15) is 0 Å². The Balaban J connectivity index is 2.16. The maximum Gasteiger partial charge on any atom is 0.0361 e. The molecule has 1 saturated heterocycles. The second-order valence-corrected chi connectivity index (χ2v) is 5.78. The number of aryl methyl sites for hydroxylation is 2. The van der Waals surface area contributed by atoms with Crippen LogP contribution in [0.5, 0.6) is 0 Å². The van der Waals surface area contributed by atoms with Crippen LogP contribution in [0.15, 0.2) is 18.2 Å². The van der Waals surface area contributed by atoms with E-state index in [9.17, 15) is 0 Å². The van der Waals surface area contributed by atoms with E-state index in [1.807, 2.05) is 0 Å². The van der Waals surface area contributed by atoms with E-state index in [0.717, 1.165) is 39.1 Å². The summed E-state index contributed by atoms with van der Waals surface area (Å²) in [5, 5.41) is 0. The van der Waals surface area contributed by atoms with Crippen LogP contribution >= 0.6 is 0 Å². The number of hydrogen-bond acceptors (Lipinski definition) is 3. The van der Waals surface area contributed by atoms with Crippen LogP contribution in [0.1, 0.15) is 29.2 Å². The van der Waals surface area contributed by atoms with Crippen molar-refractivity contribution in [1.29, 1.82) is 0 Å². The van der Waals surface area contributed by atoms with E-state index in [2.05, 4.69) is 48.9 Å². The highest BCUT2D eigenvalue weighted by molar-refractivity contribution is 5.31. The van der Waals surface area contributed by atoms with Crippen LogP contribution in [0.25, 0.3) is 0 Å². The summed E-state index contributed by atoms with van der Waals surface area (Å²) >= 11 is 0. The maximum absolute atomic E-state index is 5.83. The van der Waals surface area contributed by atoms with Gasteiger partial charge in [0.2, 0.25) is 0 Å². The van der Waals surface area contributed by atoms with Gasteiger partial charge in [0, 0.05) is 32.2 Å². The van der Waals surface area contributed by atoms with Crippen molar-refractivity contribution in [2.24, 2.45) is 5.73 Å². The van der Waals surface area contributed by atoms with Gasteiger partial charge in [0.05, 0.1) is 0 Å². The van der Waals surface area contributed by atoms with Crippen LogP contribution in [0.3, 0.4) is 0 Å². The topological polar surface area (TPSA) is 32.5 Å². The molecule has 2 rings (SSSR count). The smallest absolute Gasteiger partial charge is 0.0361 e. The van der Waals surface area contributed by atoms with E-state index in [1.54, 1.807) is 0 Å². The van der Waals surface area contributed by atoms with E-state index < -0.39 is 0 Å². The molecule has 1 unspecified atom stereocenters. The minimum atomic E-state index is 0.484. The summed E-state index contributed by atoms with van der Waals surface area (Å²) < 4.78 is 0. The molecule has 19 heavy (non-hydrogen) atoms. The number of nitrogens with zero attached hydrogens (tertiary/aromatic N) is 2. The predicted molar refractivity (Wildman–Crippen MR) is 81.4 cm³/mol. The molecular formula is C16H27N3. The van der Waals surface area contributed by atoms with Crippen LogP contribution in [-0.4, -0.2) is 49.6 Å². The molecule has 2 N–H and O–H groups in total. The molecular weight excluding hydrogens is 234 g/mol. The predicted octanol–water partition coefficient (Wildman–Crippen LogP) is 1.94. The van der Waals surface area contributed by atoms with Crippen molar-refractivity contribution in [3.63, 3.8) is 0 Å². The minimum Gasteiger partial charge on any atom is -0.330 e. The third kappa shape index (κ3) is 3.56. The molecule has 0 amide bonds. The Kier molecular flexibility index (Phi) is 4.97. The molecule has 1 heterocycles. The number of benzene rings is 1. The van der Waals surface area contributed by atoms with Gasteiger partial charge in [-0.05, 0) is 50.6 Å². The molecule has 3 nitrogen and oxygen atoms in total. The zero-order valence-corrected chi connectivity index (χ0v) is 12.5. The van der Waals surface area contributed by atoms with Gasteiger partial charge in [0.15, 0.2) is 0 Å². The van der Waals surface area contributed by atoms with Crippen molar-refractivity contribution in [3.05, 3.63) is 34.9 Å². The van der Waals surface area contributed by atoms with Gasteiger partial charge in [-0.1, -0.05) is 18.2 Å². The Morgan fingerprint density at radius 1 is 1.11 bits per heavy atom. The van der Waals surface area contributed by atoms with Crippen LogP contribution in [-0.2, 0) is 0 Å². The first-order valence-electron chi connectivity index (χ1n) is 7.31. The molecule has 0 spiro atoms. The minimum absolute atomic E-state index is 0.484. The van der Waals surface area contributed by atoms with E-state index >= 15 is 0 Å². The summed E-state index contributed by atoms with van der Waals surface area (Å²) in [5.74, 6) is 0. The molecule has 0 saturated carbocycles. The number of hydrogen-bond donors (Lipinski definition) is 1.